The van der Waals surface area contributed by atoms with E-state index in [1.807, 2.05) is 32.0 Å². The van der Waals surface area contributed by atoms with Crippen LogP contribution in [0.4, 0.5) is 4.39 Å². The fraction of sp³-hybridized carbons (Fsp3) is 0.133. The predicted molar refractivity (Wildman–Crippen MR) is 73.3 cm³/mol. The van der Waals surface area contributed by atoms with Gasteiger partial charge in [0, 0.05) is 0 Å². The zero-order valence-electron chi connectivity index (χ0n) is 10.7. The molecular weight excluding hydrogens is 243 g/mol. The average molecular weight is 256 g/mol. The molecule has 1 heterocycles. The number of aromatic nitrogens is 2. The number of hydrogen-bond acceptors (Lipinski definition) is 1. The Hall–Kier alpha value is -2.36. The van der Waals surface area contributed by atoms with E-state index in [1.165, 1.54) is 17.7 Å². The van der Waals surface area contributed by atoms with Gasteiger partial charge in [0.2, 0.25) is 0 Å². The molecule has 0 amide bonds. The van der Waals surface area contributed by atoms with Crippen molar-refractivity contribution in [3.8, 4) is 5.69 Å². The van der Waals surface area contributed by atoms with Gasteiger partial charge in [-0.05, 0) is 55.3 Å². The number of benzene rings is 2. The third-order valence-electron chi connectivity index (χ3n) is 3.39. The fourth-order valence-electron chi connectivity index (χ4n) is 2.20. The van der Waals surface area contributed by atoms with Crippen molar-refractivity contribution in [1.29, 1.82) is 0 Å². The minimum Gasteiger partial charge on any atom is -0.305 e. The lowest BCUT2D eigenvalue weighted by Crippen LogP contribution is -2.14. The van der Waals surface area contributed by atoms with E-state index in [-0.39, 0.29) is 11.5 Å². The molecule has 0 atom stereocenters. The molecule has 2 aromatic carbocycles. The number of nitrogens with one attached hydrogen (secondary N) is 1. The van der Waals surface area contributed by atoms with Crippen LogP contribution in [0.5, 0.6) is 0 Å². The standard InChI is InChI=1S/C15H13FN2O/c1-9-3-5-12(7-10(9)2)18-14-6-4-11(16)8-13(14)17-15(18)19/h3-8H,1-2H3,(H,17,19). The summed E-state index contributed by atoms with van der Waals surface area (Å²) < 4.78 is 14.7. The van der Waals surface area contributed by atoms with Crippen molar-refractivity contribution in [2.45, 2.75) is 13.8 Å². The monoisotopic (exact) mass is 256 g/mol. The number of aryl methyl sites for hydroxylation is 2. The quantitative estimate of drug-likeness (QED) is 0.714. The largest absolute Gasteiger partial charge is 0.331 e. The number of H-pyrrole nitrogens is 1. The summed E-state index contributed by atoms with van der Waals surface area (Å²) in [4.78, 5) is 14.7. The summed E-state index contributed by atoms with van der Waals surface area (Å²) in [5.74, 6) is -0.360. The van der Waals surface area contributed by atoms with E-state index in [1.54, 1.807) is 10.6 Å². The lowest BCUT2D eigenvalue weighted by atomic mass is 10.1. The molecule has 96 valence electrons. The van der Waals surface area contributed by atoms with Gasteiger partial charge >= 0.3 is 5.69 Å². The Labute approximate surface area is 109 Å². The van der Waals surface area contributed by atoms with Crippen LogP contribution in [0.2, 0.25) is 0 Å². The molecule has 0 saturated heterocycles. The first kappa shape index (κ1) is 11.7. The molecule has 3 rings (SSSR count). The molecule has 0 unspecified atom stereocenters. The molecule has 1 N–H and O–H groups in total. The van der Waals surface area contributed by atoms with Gasteiger partial charge in [0.05, 0.1) is 16.7 Å². The van der Waals surface area contributed by atoms with Crippen molar-refractivity contribution in [2.24, 2.45) is 0 Å². The summed E-state index contributed by atoms with van der Waals surface area (Å²) in [6.07, 6.45) is 0. The molecule has 19 heavy (non-hydrogen) atoms. The number of fused-ring (bicyclic) bond motifs is 1. The van der Waals surface area contributed by atoms with Crippen molar-refractivity contribution < 1.29 is 4.39 Å². The molecule has 0 aliphatic heterocycles. The number of halogens is 1. The minimum atomic E-state index is -0.360. The fourth-order valence-corrected chi connectivity index (χ4v) is 2.20. The maximum atomic E-state index is 13.2. The maximum Gasteiger partial charge on any atom is 0.331 e. The summed E-state index contributed by atoms with van der Waals surface area (Å²) in [6, 6.07) is 10.1. The Morgan fingerprint density at radius 2 is 1.84 bits per heavy atom. The highest BCUT2D eigenvalue weighted by Gasteiger charge is 2.09. The van der Waals surface area contributed by atoms with Crippen molar-refractivity contribution in [2.75, 3.05) is 0 Å². The Balaban J connectivity index is 2.32. The van der Waals surface area contributed by atoms with Crippen LogP contribution in [0.3, 0.4) is 0 Å². The van der Waals surface area contributed by atoms with Crippen LogP contribution in [0.15, 0.2) is 41.2 Å². The zero-order chi connectivity index (χ0) is 13.6. The van der Waals surface area contributed by atoms with Gasteiger partial charge in [-0.1, -0.05) is 6.07 Å². The van der Waals surface area contributed by atoms with Crippen molar-refractivity contribution in [3.63, 3.8) is 0 Å². The van der Waals surface area contributed by atoms with Crippen molar-refractivity contribution in [1.82, 2.24) is 9.55 Å². The Morgan fingerprint density at radius 3 is 2.58 bits per heavy atom. The molecule has 0 radical (unpaired) electrons. The molecule has 0 bridgehead atoms. The number of hydrogen-bond donors (Lipinski definition) is 1. The highest BCUT2D eigenvalue weighted by Crippen LogP contribution is 2.18. The molecule has 0 spiro atoms. The Bertz CT molecular complexity index is 830. The molecule has 0 aliphatic carbocycles. The third kappa shape index (κ3) is 1.85. The molecule has 4 heteroatoms. The van der Waals surface area contributed by atoms with Crippen LogP contribution in [-0.4, -0.2) is 9.55 Å². The Kier molecular flexibility index (Phi) is 2.52. The van der Waals surface area contributed by atoms with E-state index in [9.17, 15) is 9.18 Å². The van der Waals surface area contributed by atoms with Gasteiger partial charge in [0.1, 0.15) is 5.82 Å². The van der Waals surface area contributed by atoms with Gasteiger partial charge in [-0.2, -0.15) is 0 Å². The van der Waals surface area contributed by atoms with Gasteiger partial charge < -0.3 is 4.98 Å². The average Bonchev–Trinajstić information content (AvgIpc) is 2.68. The van der Waals surface area contributed by atoms with Crippen LogP contribution in [0.1, 0.15) is 11.1 Å². The molecule has 3 nitrogen and oxygen atoms in total. The smallest absolute Gasteiger partial charge is 0.305 e. The van der Waals surface area contributed by atoms with Crippen LogP contribution in [-0.2, 0) is 0 Å². The second-order valence-corrected chi connectivity index (χ2v) is 4.70. The predicted octanol–water partition coefficient (Wildman–Crippen LogP) is 3.07. The number of aromatic amines is 1. The second kappa shape index (κ2) is 4.09. The summed E-state index contributed by atoms with van der Waals surface area (Å²) in [7, 11) is 0. The molecular formula is C15H13FN2O. The van der Waals surface area contributed by atoms with Crippen molar-refractivity contribution in [3.05, 3.63) is 63.8 Å². The first-order valence-electron chi connectivity index (χ1n) is 6.04. The van der Waals surface area contributed by atoms with Crippen molar-refractivity contribution >= 4 is 11.0 Å². The van der Waals surface area contributed by atoms with E-state index in [4.69, 9.17) is 0 Å². The summed E-state index contributed by atoms with van der Waals surface area (Å²) in [5, 5.41) is 0. The number of imidazole rings is 1. The third-order valence-corrected chi connectivity index (χ3v) is 3.39. The van der Waals surface area contributed by atoms with E-state index < -0.39 is 0 Å². The van der Waals surface area contributed by atoms with E-state index in [0.29, 0.717) is 11.0 Å². The van der Waals surface area contributed by atoms with Gasteiger partial charge in [-0.25, -0.2) is 9.18 Å². The SMILES string of the molecule is Cc1ccc(-n2c(=O)[nH]c3cc(F)ccc32)cc1C. The highest BCUT2D eigenvalue weighted by atomic mass is 19.1. The summed E-state index contributed by atoms with van der Waals surface area (Å²) in [6.45, 7) is 4.02. The van der Waals surface area contributed by atoms with Gasteiger partial charge in [-0.3, -0.25) is 4.57 Å². The van der Waals surface area contributed by atoms with E-state index in [0.717, 1.165) is 11.3 Å². The van der Waals surface area contributed by atoms with Crippen LogP contribution in [0.25, 0.3) is 16.7 Å². The number of rotatable bonds is 1. The lowest BCUT2D eigenvalue weighted by Gasteiger charge is -2.06. The van der Waals surface area contributed by atoms with Gasteiger partial charge in [0.25, 0.3) is 0 Å². The topological polar surface area (TPSA) is 37.8 Å². The molecule has 0 saturated carbocycles. The lowest BCUT2D eigenvalue weighted by molar-refractivity contribution is 0.629. The molecule has 3 aromatic rings. The second-order valence-electron chi connectivity index (χ2n) is 4.70. The van der Waals surface area contributed by atoms with Gasteiger partial charge in [-0.15, -0.1) is 0 Å². The Morgan fingerprint density at radius 1 is 1.05 bits per heavy atom. The van der Waals surface area contributed by atoms with Crippen LogP contribution < -0.4 is 5.69 Å². The minimum absolute atomic E-state index is 0.260. The normalized spacial score (nSPS) is 11.1. The first-order valence-corrected chi connectivity index (χ1v) is 6.04. The highest BCUT2D eigenvalue weighted by molar-refractivity contribution is 5.77. The zero-order valence-corrected chi connectivity index (χ0v) is 10.7. The summed E-state index contributed by atoms with van der Waals surface area (Å²) >= 11 is 0. The molecule has 0 aliphatic rings. The molecule has 0 fully saturated rings. The van der Waals surface area contributed by atoms with Crippen LogP contribution in [0, 0.1) is 19.7 Å². The van der Waals surface area contributed by atoms with E-state index in [2.05, 4.69) is 4.98 Å². The molecule has 1 aromatic heterocycles. The summed E-state index contributed by atoms with van der Waals surface area (Å²) in [5.41, 5.74) is 3.98. The maximum absolute atomic E-state index is 13.2. The van der Waals surface area contributed by atoms with Crippen LogP contribution >= 0.6 is 0 Å². The van der Waals surface area contributed by atoms with Gasteiger partial charge in [0.15, 0.2) is 0 Å². The van der Waals surface area contributed by atoms with E-state index >= 15 is 0 Å². The first-order chi connectivity index (χ1) is 9.06. The number of nitrogens with zero attached hydrogens (tertiary/aromatic N) is 1.